The summed E-state index contributed by atoms with van der Waals surface area (Å²) in [5, 5.41) is 3.52. The first-order valence-electron chi connectivity index (χ1n) is 5.50. The summed E-state index contributed by atoms with van der Waals surface area (Å²) in [6.07, 6.45) is 0.722. The minimum atomic E-state index is -0.310. The third kappa shape index (κ3) is 4.57. The van der Waals surface area contributed by atoms with Crippen LogP contribution in [0.25, 0.3) is 0 Å². The molecule has 0 saturated carbocycles. The summed E-state index contributed by atoms with van der Waals surface area (Å²) in [5.74, 6) is 0.396. The van der Waals surface area contributed by atoms with Crippen molar-refractivity contribution < 1.29 is 4.79 Å². The molecule has 2 nitrogen and oxygen atoms in total. The van der Waals surface area contributed by atoms with Gasteiger partial charge in [-0.2, -0.15) is 0 Å². The number of alkyl halides is 1. The molecular weight excluding hydrogens is 257 g/mol. The van der Waals surface area contributed by atoms with Gasteiger partial charge in [0.25, 0.3) is 5.91 Å². The second-order valence-corrected chi connectivity index (χ2v) is 5.61. The van der Waals surface area contributed by atoms with Gasteiger partial charge >= 0.3 is 0 Å². The van der Waals surface area contributed by atoms with E-state index in [-0.39, 0.29) is 11.4 Å². The average molecular weight is 274 g/mol. The third-order valence-corrected chi connectivity index (χ3v) is 2.88. The van der Waals surface area contributed by atoms with Crippen LogP contribution < -0.4 is 5.32 Å². The van der Waals surface area contributed by atoms with Crippen molar-refractivity contribution in [2.45, 2.75) is 32.7 Å². The summed E-state index contributed by atoms with van der Waals surface area (Å²) >= 11 is 11.6. The van der Waals surface area contributed by atoms with E-state index < -0.39 is 0 Å². The molecule has 1 aromatic carbocycles. The standard InChI is InChI=1S/C13H17Cl2NO/c1-9-6-10(8-11(15)7-9)12(17)16-13(2,3)4-5-14/h6-8H,4-5H2,1-3H3,(H,16,17). The van der Waals surface area contributed by atoms with Gasteiger partial charge in [0.1, 0.15) is 0 Å². The summed E-state index contributed by atoms with van der Waals surface area (Å²) in [4.78, 5) is 12.0. The average Bonchev–Trinajstić information content (AvgIpc) is 2.14. The molecule has 17 heavy (non-hydrogen) atoms. The van der Waals surface area contributed by atoms with Gasteiger partial charge in [-0.05, 0) is 51.0 Å². The highest BCUT2D eigenvalue weighted by molar-refractivity contribution is 6.31. The van der Waals surface area contributed by atoms with E-state index in [9.17, 15) is 4.79 Å². The number of carbonyl (C=O) groups excluding carboxylic acids is 1. The van der Waals surface area contributed by atoms with Crippen LogP contribution in [0, 0.1) is 6.92 Å². The summed E-state index contributed by atoms with van der Waals surface area (Å²) < 4.78 is 0. The molecule has 1 aromatic rings. The maximum Gasteiger partial charge on any atom is 0.251 e. The molecule has 4 heteroatoms. The van der Waals surface area contributed by atoms with Crippen molar-refractivity contribution in [1.82, 2.24) is 5.32 Å². The molecule has 94 valence electrons. The van der Waals surface area contributed by atoms with Gasteiger partial charge < -0.3 is 5.32 Å². The lowest BCUT2D eigenvalue weighted by molar-refractivity contribution is 0.0911. The van der Waals surface area contributed by atoms with Crippen LogP contribution >= 0.6 is 23.2 Å². The van der Waals surface area contributed by atoms with Crippen molar-refractivity contribution in [2.75, 3.05) is 5.88 Å². The molecular formula is C13H17Cl2NO. The van der Waals surface area contributed by atoms with E-state index in [1.54, 1.807) is 6.07 Å². The Morgan fingerprint density at radius 1 is 1.35 bits per heavy atom. The van der Waals surface area contributed by atoms with Gasteiger partial charge in [0.2, 0.25) is 0 Å². The molecule has 0 aliphatic carbocycles. The molecule has 1 rings (SSSR count). The minimum absolute atomic E-state index is 0.120. The van der Waals surface area contributed by atoms with Gasteiger partial charge in [-0.25, -0.2) is 0 Å². The number of hydrogen-bond acceptors (Lipinski definition) is 1. The van der Waals surface area contributed by atoms with Crippen molar-refractivity contribution in [3.05, 3.63) is 34.3 Å². The molecule has 0 atom stereocenters. The lowest BCUT2D eigenvalue weighted by Crippen LogP contribution is -2.43. The zero-order chi connectivity index (χ0) is 13.1. The quantitative estimate of drug-likeness (QED) is 0.832. The Bertz CT molecular complexity index is 396. The first-order valence-corrected chi connectivity index (χ1v) is 6.41. The third-order valence-electron chi connectivity index (χ3n) is 2.48. The summed E-state index contributed by atoms with van der Waals surface area (Å²) in [5.41, 5.74) is 1.24. The van der Waals surface area contributed by atoms with E-state index in [1.807, 2.05) is 32.9 Å². The molecule has 0 fully saturated rings. The van der Waals surface area contributed by atoms with Crippen molar-refractivity contribution in [1.29, 1.82) is 0 Å². The maximum absolute atomic E-state index is 12.0. The molecule has 0 unspecified atom stereocenters. The molecule has 0 heterocycles. The van der Waals surface area contributed by atoms with Crippen molar-refractivity contribution >= 4 is 29.1 Å². The van der Waals surface area contributed by atoms with Crippen LogP contribution in [0.1, 0.15) is 36.2 Å². The van der Waals surface area contributed by atoms with E-state index in [1.165, 1.54) is 0 Å². The monoisotopic (exact) mass is 273 g/mol. The van der Waals surface area contributed by atoms with E-state index in [0.717, 1.165) is 12.0 Å². The number of halogens is 2. The zero-order valence-corrected chi connectivity index (χ0v) is 11.8. The number of rotatable bonds is 4. The highest BCUT2D eigenvalue weighted by atomic mass is 35.5. The van der Waals surface area contributed by atoms with E-state index in [4.69, 9.17) is 23.2 Å². The highest BCUT2D eigenvalue weighted by Gasteiger charge is 2.20. The second kappa shape index (κ2) is 5.74. The molecule has 0 bridgehead atoms. The van der Waals surface area contributed by atoms with Crippen LogP contribution in [0.2, 0.25) is 5.02 Å². The van der Waals surface area contributed by atoms with Gasteiger partial charge in [-0.15, -0.1) is 11.6 Å². The van der Waals surface area contributed by atoms with Gasteiger partial charge in [-0.1, -0.05) is 11.6 Å². The predicted octanol–water partition coefficient (Wildman–Crippen LogP) is 3.79. The molecule has 0 aliphatic heterocycles. The lowest BCUT2D eigenvalue weighted by Gasteiger charge is -2.25. The SMILES string of the molecule is Cc1cc(Cl)cc(C(=O)NC(C)(C)CCCl)c1. The number of nitrogens with one attached hydrogen (secondary N) is 1. The summed E-state index contributed by atoms with van der Waals surface area (Å²) in [7, 11) is 0. The number of hydrogen-bond donors (Lipinski definition) is 1. The summed E-state index contributed by atoms with van der Waals surface area (Å²) in [6.45, 7) is 5.81. The Morgan fingerprint density at radius 3 is 2.53 bits per heavy atom. The fraction of sp³-hybridized carbons (Fsp3) is 0.462. The minimum Gasteiger partial charge on any atom is -0.347 e. The smallest absolute Gasteiger partial charge is 0.251 e. The predicted molar refractivity (Wildman–Crippen MR) is 73.1 cm³/mol. The normalized spacial score (nSPS) is 11.4. The number of aryl methyl sites for hydroxylation is 1. The van der Waals surface area contributed by atoms with Crippen molar-refractivity contribution in [3.63, 3.8) is 0 Å². The largest absolute Gasteiger partial charge is 0.347 e. The Labute approximate surface area is 112 Å². The molecule has 0 aliphatic rings. The Hall–Kier alpha value is -0.730. The topological polar surface area (TPSA) is 29.1 Å². The maximum atomic E-state index is 12.0. The molecule has 1 amide bonds. The Kier molecular flexibility index (Phi) is 4.84. The number of benzene rings is 1. The van der Waals surface area contributed by atoms with Crippen LogP contribution in [0.4, 0.5) is 0 Å². The highest BCUT2D eigenvalue weighted by Crippen LogP contribution is 2.16. The van der Waals surface area contributed by atoms with Crippen LogP contribution in [0.5, 0.6) is 0 Å². The van der Waals surface area contributed by atoms with Crippen LogP contribution in [-0.2, 0) is 0 Å². The Balaban J connectivity index is 2.83. The molecule has 0 radical (unpaired) electrons. The second-order valence-electron chi connectivity index (χ2n) is 4.79. The van der Waals surface area contributed by atoms with E-state index in [2.05, 4.69) is 5.32 Å². The molecule has 0 aromatic heterocycles. The lowest BCUT2D eigenvalue weighted by atomic mass is 10.0. The van der Waals surface area contributed by atoms with Crippen LogP contribution in [-0.4, -0.2) is 17.3 Å². The molecule has 0 saturated heterocycles. The fourth-order valence-corrected chi connectivity index (χ4v) is 2.31. The van der Waals surface area contributed by atoms with Crippen LogP contribution in [0.15, 0.2) is 18.2 Å². The number of carbonyl (C=O) groups is 1. The van der Waals surface area contributed by atoms with Crippen molar-refractivity contribution in [2.24, 2.45) is 0 Å². The first-order chi connectivity index (χ1) is 7.84. The van der Waals surface area contributed by atoms with Crippen LogP contribution in [0.3, 0.4) is 0 Å². The molecule has 0 spiro atoms. The first kappa shape index (κ1) is 14.3. The van der Waals surface area contributed by atoms with Gasteiger partial charge in [0.05, 0.1) is 0 Å². The van der Waals surface area contributed by atoms with Gasteiger partial charge in [0, 0.05) is 22.0 Å². The van der Waals surface area contributed by atoms with E-state index in [0.29, 0.717) is 16.5 Å². The zero-order valence-electron chi connectivity index (χ0n) is 10.3. The Morgan fingerprint density at radius 2 is 2.00 bits per heavy atom. The number of amides is 1. The fourth-order valence-electron chi connectivity index (χ4n) is 1.55. The van der Waals surface area contributed by atoms with Crippen molar-refractivity contribution in [3.8, 4) is 0 Å². The molecule has 1 N–H and O–H groups in total. The van der Waals surface area contributed by atoms with E-state index >= 15 is 0 Å². The van der Waals surface area contributed by atoms with Gasteiger partial charge in [0.15, 0.2) is 0 Å². The summed E-state index contributed by atoms with van der Waals surface area (Å²) in [6, 6.07) is 5.31. The van der Waals surface area contributed by atoms with Gasteiger partial charge in [-0.3, -0.25) is 4.79 Å².